The number of rotatable bonds is 5. The minimum atomic E-state index is -1.09. The second-order valence-corrected chi connectivity index (χ2v) is 5.66. The van der Waals surface area contributed by atoms with E-state index in [0.29, 0.717) is 6.42 Å². The SMILES string of the molecule is CCOC(=O)C(C)(Cc1ccc(I)cc1)C(C)=O. The van der Waals surface area contributed by atoms with Crippen molar-refractivity contribution in [2.45, 2.75) is 27.2 Å². The summed E-state index contributed by atoms with van der Waals surface area (Å²) >= 11 is 2.22. The topological polar surface area (TPSA) is 43.4 Å². The smallest absolute Gasteiger partial charge is 0.319 e. The van der Waals surface area contributed by atoms with E-state index in [9.17, 15) is 9.59 Å². The number of carbonyl (C=O) groups is 2. The molecule has 0 aliphatic heterocycles. The number of benzene rings is 1. The molecule has 0 saturated carbocycles. The maximum absolute atomic E-state index is 11.9. The molecule has 1 atom stereocenters. The zero-order valence-electron chi connectivity index (χ0n) is 10.8. The molecule has 0 bridgehead atoms. The average molecular weight is 360 g/mol. The summed E-state index contributed by atoms with van der Waals surface area (Å²) in [5.41, 5.74) is -0.135. The molecule has 3 nitrogen and oxygen atoms in total. The molecule has 0 aliphatic carbocycles. The van der Waals surface area contributed by atoms with Gasteiger partial charge in [-0.05, 0) is 67.5 Å². The van der Waals surface area contributed by atoms with Crippen LogP contribution in [-0.2, 0) is 20.7 Å². The van der Waals surface area contributed by atoms with E-state index in [-0.39, 0.29) is 12.4 Å². The second kappa shape index (κ2) is 6.31. The van der Waals surface area contributed by atoms with Crippen molar-refractivity contribution >= 4 is 34.3 Å². The van der Waals surface area contributed by atoms with Crippen LogP contribution in [0.1, 0.15) is 26.3 Å². The van der Waals surface area contributed by atoms with Crippen molar-refractivity contribution in [3.63, 3.8) is 0 Å². The zero-order valence-corrected chi connectivity index (χ0v) is 13.0. The van der Waals surface area contributed by atoms with Gasteiger partial charge in [-0.2, -0.15) is 0 Å². The second-order valence-electron chi connectivity index (χ2n) is 4.41. The van der Waals surface area contributed by atoms with Crippen molar-refractivity contribution in [1.82, 2.24) is 0 Å². The minimum Gasteiger partial charge on any atom is -0.465 e. The molecule has 0 aromatic heterocycles. The van der Waals surface area contributed by atoms with Gasteiger partial charge in [0.25, 0.3) is 0 Å². The first-order chi connectivity index (χ1) is 8.40. The Morgan fingerprint density at radius 3 is 2.28 bits per heavy atom. The van der Waals surface area contributed by atoms with E-state index < -0.39 is 11.4 Å². The van der Waals surface area contributed by atoms with Crippen LogP contribution in [0, 0.1) is 8.99 Å². The van der Waals surface area contributed by atoms with Crippen LogP contribution in [0.2, 0.25) is 0 Å². The lowest BCUT2D eigenvalue weighted by molar-refractivity contribution is -0.158. The van der Waals surface area contributed by atoms with Crippen LogP contribution in [-0.4, -0.2) is 18.4 Å². The van der Waals surface area contributed by atoms with Crippen molar-refractivity contribution in [3.8, 4) is 0 Å². The van der Waals surface area contributed by atoms with Gasteiger partial charge in [0.2, 0.25) is 0 Å². The lowest BCUT2D eigenvalue weighted by atomic mass is 9.80. The Morgan fingerprint density at radius 2 is 1.83 bits per heavy atom. The number of hydrogen-bond donors (Lipinski definition) is 0. The van der Waals surface area contributed by atoms with Gasteiger partial charge in [-0.1, -0.05) is 12.1 Å². The highest BCUT2D eigenvalue weighted by Crippen LogP contribution is 2.26. The molecule has 1 aromatic rings. The van der Waals surface area contributed by atoms with Gasteiger partial charge in [0.15, 0.2) is 0 Å². The van der Waals surface area contributed by atoms with Crippen molar-refractivity contribution < 1.29 is 14.3 Å². The number of Topliss-reactive ketones (excluding diaryl/α,β-unsaturated/α-hetero) is 1. The van der Waals surface area contributed by atoms with Crippen molar-refractivity contribution in [1.29, 1.82) is 0 Å². The molecule has 0 spiro atoms. The molecule has 98 valence electrons. The lowest BCUT2D eigenvalue weighted by Gasteiger charge is -2.24. The maximum atomic E-state index is 11.9. The van der Waals surface area contributed by atoms with E-state index in [1.165, 1.54) is 6.92 Å². The van der Waals surface area contributed by atoms with Gasteiger partial charge >= 0.3 is 5.97 Å². The predicted octanol–water partition coefficient (Wildman–Crippen LogP) is 2.99. The highest BCUT2D eigenvalue weighted by molar-refractivity contribution is 14.1. The third-order valence-electron chi connectivity index (χ3n) is 2.97. The average Bonchev–Trinajstić information content (AvgIpc) is 2.32. The van der Waals surface area contributed by atoms with Crippen LogP contribution < -0.4 is 0 Å². The normalized spacial score (nSPS) is 13.8. The molecule has 0 fully saturated rings. The highest BCUT2D eigenvalue weighted by atomic mass is 127. The van der Waals surface area contributed by atoms with E-state index in [1.807, 2.05) is 24.3 Å². The van der Waals surface area contributed by atoms with Gasteiger partial charge < -0.3 is 4.74 Å². The molecular formula is C14H17IO3. The van der Waals surface area contributed by atoms with Crippen molar-refractivity contribution in [2.75, 3.05) is 6.61 Å². The molecular weight excluding hydrogens is 343 g/mol. The van der Waals surface area contributed by atoms with Crippen LogP contribution in [0.5, 0.6) is 0 Å². The highest BCUT2D eigenvalue weighted by Gasteiger charge is 2.39. The fraction of sp³-hybridized carbons (Fsp3) is 0.429. The van der Waals surface area contributed by atoms with Crippen LogP contribution in [0.15, 0.2) is 24.3 Å². The van der Waals surface area contributed by atoms with Gasteiger partial charge in [0.05, 0.1) is 6.61 Å². The summed E-state index contributed by atoms with van der Waals surface area (Å²) in [7, 11) is 0. The van der Waals surface area contributed by atoms with Crippen LogP contribution >= 0.6 is 22.6 Å². The lowest BCUT2D eigenvalue weighted by Crippen LogP contribution is -2.38. The number of halogens is 1. The molecule has 0 saturated heterocycles. The van der Waals surface area contributed by atoms with Gasteiger partial charge in [-0.15, -0.1) is 0 Å². The third-order valence-corrected chi connectivity index (χ3v) is 3.69. The van der Waals surface area contributed by atoms with Gasteiger partial charge in [0.1, 0.15) is 11.2 Å². The first-order valence-electron chi connectivity index (χ1n) is 5.83. The number of carbonyl (C=O) groups excluding carboxylic acids is 2. The molecule has 0 heterocycles. The number of ether oxygens (including phenoxy) is 1. The van der Waals surface area contributed by atoms with Gasteiger partial charge in [0, 0.05) is 3.57 Å². The molecule has 1 unspecified atom stereocenters. The molecule has 4 heteroatoms. The Kier molecular flexibility index (Phi) is 5.31. The Labute approximate surface area is 121 Å². The first kappa shape index (κ1) is 15.1. The predicted molar refractivity (Wildman–Crippen MR) is 78.3 cm³/mol. The zero-order chi connectivity index (χ0) is 13.8. The largest absolute Gasteiger partial charge is 0.465 e. The molecule has 1 aromatic carbocycles. The molecule has 1 rings (SSSR count). The summed E-state index contributed by atoms with van der Waals surface area (Å²) in [4.78, 5) is 23.7. The summed E-state index contributed by atoms with van der Waals surface area (Å²) in [6.45, 7) is 5.10. The van der Waals surface area contributed by atoms with Gasteiger partial charge in [-0.25, -0.2) is 0 Å². The summed E-state index contributed by atoms with van der Waals surface area (Å²) in [5, 5.41) is 0. The van der Waals surface area contributed by atoms with Crippen molar-refractivity contribution in [2.24, 2.45) is 5.41 Å². The van der Waals surface area contributed by atoms with E-state index in [0.717, 1.165) is 9.13 Å². The molecule has 0 amide bonds. The van der Waals surface area contributed by atoms with E-state index in [1.54, 1.807) is 13.8 Å². The fourth-order valence-corrected chi connectivity index (χ4v) is 2.00. The number of ketones is 1. The minimum absolute atomic E-state index is 0.167. The van der Waals surface area contributed by atoms with Crippen LogP contribution in [0.25, 0.3) is 0 Å². The molecule has 0 N–H and O–H groups in total. The third kappa shape index (κ3) is 3.54. The summed E-state index contributed by atoms with van der Waals surface area (Å²) < 4.78 is 6.13. The summed E-state index contributed by atoms with van der Waals surface area (Å²) in [6.07, 6.45) is 0.373. The van der Waals surface area contributed by atoms with E-state index in [2.05, 4.69) is 22.6 Å². The quantitative estimate of drug-likeness (QED) is 0.461. The Morgan fingerprint density at radius 1 is 1.28 bits per heavy atom. The van der Waals surface area contributed by atoms with E-state index >= 15 is 0 Å². The summed E-state index contributed by atoms with van der Waals surface area (Å²) in [6, 6.07) is 7.79. The maximum Gasteiger partial charge on any atom is 0.319 e. The first-order valence-corrected chi connectivity index (χ1v) is 6.90. The standard InChI is InChI=1S/C14H17IO3/c1-4-18-13(17)14(3,10(2)16)9-11-5-7-12(15)8-6-11/h5-8H,4,9H2,1-3H3. The van der Waals surface area contributed by atoms with Crippen molar-refractivity contribution in [3.05, 3.63) is 33.4 Å². The van der Waals surface area contributed by atoms with Crippen LogP contribution in [0.3, 0.4) is 0 Å². The molecule has 18 heavy (non-hydrogen) atoms. The van der Waals surface area contributed by atoms with Gasteiger partial charge in [-0.3, -0.25) is 9.59 Å². The Bertz CT molecular complexity index is 439. The van der Waals surface area contributed by atoms with E-state index in [4.69, 9.17) is 4.74 Å². The fourth-order valence-electron chi connectivity index (χ4n) is 1.64. The Balaban J connectivity index is 2.96. The number of esters is 1. The molecule has 0 aliphatic rings. The molecule has 0 radical (unpaired) electrons. The monoisotopic (exact) mass is 360 g/mol. The number of hydrogen-bond acceptors (Lipinski definition) is 3. The summed E-state index contributed by atoms with van der Waals surface area (Å²) in [5.74, 6) is -0.615. The Hall–Kier alpha value is -0.910. The van der Waals surface area contributed by atoms with Crippen LogP contribution in [0.4, 0.5) is 0 Å².